The quantitative estimate of drug-likeness (QED) is 0.502. The lowest BCUT2D eigenvalue weighted by molar-refractivity contribution is -0.127. The molecule has 10 heteroatoms. The smallest absolute Gasteiger partial charge is 0.335 e. The molecule has 1 saturated heterocycles. The normalized spacial score (nSPS) is 14.7. The van der Waals surface area contributed by atoms with Gasteiger partial charge in [0.2, 0.25) is 5.91 Å². The third kappa shape index (κ3) is 4.84. The second kappa shape index (κ2) is 9.35. The molecule has 0 aliphatic carbocycles. The molecule has 0 atom stereocenters. The average Bonchev–Trinajstić information content (AvgIpc) is 3.35. The van der Waals surface area contributed by atoms with E-state index < -0.39 is 29.6 Å². The van der Waals surface area contributed by atoms with E-state index >= 15 is 0 Å². The van der Waals surface area contributed by atoms with Crippen molar-refractivity contribution in [3.8, 4) is 5.69 Å². The van der Waals surface area contributed by atoms with Crippen LogP contribution < -0.4 is 5.32 Å². The number of para-hydroxylation sites is 1. The van der Waals surface area contributed by atoms with E-state index in [-0.39, 0.29) is 10.5 Å². The first kappa shape index (κ1) is 22.4. The topological polar surface area (TPSA) is 109 Å². The number of imide groups is 1. The number of carbonyl (C=O) groups is 4. The number of carboxylic acids is 1. The number of benzene rings is 2. The van der Waals surface area contributed by atoms with Crippen molar-refractivity contribution in [1.29, 1.82) is 0 Å². The Balaban J connectivity index is 1.51. The molecule has 1 aromatic heterocycles. The standard InChI is InChI=1S/C23H16ClN3O5S/c24-17-5-1-2-6-18(17)25-20(28)13-27-21(29)19(33-23(27)32)12-16-4-3-11-26(16)15-9-7-14(8-10-15)22(30)31/h1-12H,13H2,(H,25,28)(H,30,31). The fourth-order valence-electron chi connectivity index (χ4n) is 3.18. The van der Waals surface area contributed by atoms with Crippen LogP contribution in [0.25, 0.3) is 11.8 Å². The molecule has 3 amide bonds. The molecule has 0 spiro atoms. The first-order valence-corrected chi connectivity index (χ1v) is 10.8. The maximum Gasteiger partial charge on any atom is 0.335 e. The van der Waals surface area contributed by atoms with Gasteiger partial charge in [0.15, 0.2) is 0 Å². The van der Waals surface area contributed by atoms with Gasteiger partial charge in [0.25, 0.3) is 11.1 Å². The Kier molecular flexibility index (Phi) is 6.34. The maximum absolute atomic E-state index is 12.8. The highest BCUT2D eigenvalue weighted by molar-refractivity contribution is 8.18. The van der Waals surface area contributed by atoms with Crippen LogP contribution in [0.5, 0.6) is 0 Å². The lowest BCUT2D eigenvalue weighted by atomic mass is 10.2. The number of nitrogens with one attached hydrogen (secondary N) is 1. The number of hydrogen-bond donors (Lipinski definition) is 2. The van der Waals surface area contributed by atoms with Gasteiger partial charge in [-0.25, -0.2) is 4.79 Å². The summed E-state index contributed by atoms with van der Waals surface area (Å²) in [6.07, 6.45) is 3.31. The number of anilines is 1. The third-order valence-corrected chi connectivity index (χ3v) is 6.01. The molecule has 166 valence electrons. The van der Waals surface area contributed by atoms with Gasteiger partial charge >= 0.3 is 5.97 Å². The van der Waals surface area contributed by atoms with Gasteiger partial charge in [0, 0.05) is 17.6 Å². The van der Waals surface area contributed by atoms with Crippen molar-refractivity contribution in [2.24, 2.45) is 0 Å². The number of halogens is 1. The summed E-state index contributed by atoms with van der Waals surface area (Å²) in [5, 5.41) is 11.4. The summed E-state index contributed by atoms with van der Waals surface area (Å²) in [5.74, 6) is -2.15. The van der Waals surface area contributed by atoms with Gasteiger partial charge in [-0.3, -0.25) is 19.3 Å². The van der Waals surface area contributed by atoms with E-state index in [0.29, 0.717) is 22.1 Å². The van der Waals surface area contributed by atoms with E-state index in [4.69, 9.17) is 16.7 Å². The monoisotopic (exact) mass is 481 g/mol. The van der Waals surface area contributed by atoms with E-state index in [0.717, 1.165) is 16.7 Å². The highest BCUT2D eigenvalue weighted by Crippen LogP contribution is 2.32. The van der Waals surface area contributed by atoms with E-state index in [1.807, 2.05) is 0 Å². The van der Waals surface area contributed by atoms with E-state index in [2.05, 4.69) is 5.32 Å². The Labute approximate surface area is 197 Å². The van der Waals surface area contributed by atoms with Crippen molar-refractivity contribution in [2.75, 3.05) is 11.9 Å². The number of aromatic nitrogens is 1. The highest BCUT2D eigenvalue weighted by Gasteiger charge is 2.36. The van der Waals surface area contributed by atoms with Crippen LogP contribution in [0, 0.1) is 0 Å². The van der Waals surface area contributed by atoms with Crippen molar-refractivity contribution < 1.29 is 24.3 Å². The molecule has 0 saturated carbocycles. The summed E-state index contributed by atoms with van der Waals surface area (Å²) in [7, 11) is 0. The number of carbonyl (C=O) groups excluding carboxylic acids is 3. The number of amides is 3. The number of rotatable bonds is 6. The summed E-state index contributed by atoms with van der Waals surface area (Å²) in [5.41, 5.74) is 1.85. The zero-order valence-corrected chi connectivity index (χ0v) is 18.5. The van der Waals surface area contributed by atoms with Gasteiger partial charge in [0.1, 0.15) is 6.54 Å². The first-order chi connectivity index (χ1) is 15.8. The molecule has 4 rings (SSSR count). The summed E-state index contributed by atoms with van der Waals surface area (Å²) in [6.45, 7) is -0.440. The van der Waals surface area contributed by atoms with Crippen LogP contribution in [0.2, 0.25) is 5.02 Å². The number of thioether (sulfide) groups is 1. The predicted octanol–water partition coefficient (Wildman–Crippen LogP) is 4.50. The summed E-state index contributed by atoms with van der Waals surface area (Å²) < 4.78 is 1.75. The molecule has 2 heterocycles. The molecule has 0 radical (unpaired) electrons. The number of aromatic carboxylic acids is 1. The second-order valence-electron chi connectivity index (χ2n) is 6.95. The number of hydrogen-bond acceptors (Lipinski definition) is 5. The van der Waals surface area contributed by atoms with Crippen molar-refractivity contribution in [3.05, 3.63) is 88.0 Å². The Morgan fingerprint density at radius 2 is 1.76 bits per heavy atom. The van der Waals surface area contributed by atoms with Crippen molar-refractivity contribution in [1.82, 2.24) is 9.47 Å². The molecule has 0 unspecified atom stereocenters. The van der Waals surface area contributed by atoms with Gasteiger partial charge < -0.3 is 15.0 Å². The van der Waals surface area contributed by atoms with Gasteiger partial charge in [-0.1, -0.05) is 23.7 Å². The van der Waals surface area contributed by atoms with Crippen molar-refractivity contribution in [2.45, 2.75) is 0 Å². The van der Waals surface area contributed by atoms with Gasteiger partial charge in [0.05, 0.1) is 21.2 Å². The Hall–Kier alpha value is -3.82. The van der Waals surface area contributed by atoms with E-state index in [1.165, 1.54) is 12.1 Å². The fraction of sp³-hybridized carbons (Fsp3) is 0.0435. The number of nitrogens with zero attached hydrogens (tertiary/aromatic N) is 2. The van der Waals surface area contributed by atoms with Gasteiger partial charge in [-0.2, -0.15) is 0 Å². The van der Waals surface area contributed by atoms with Crippen LogP contribution in [-0.2, 0) is 9.59 Å². The molecule has 0 bridgehead atoms. The molecular formula is C23H16ClN3O5S. The summed E-state index contributed by atoms with van der Waals surface area (Å²) >= 11 is 6.77. The van der Waals surface area contributed by atoms with Crippen molar-refractivity contribution >= 4 is 58.1 Å². The molecule has 2 aromatic carbocycles. The van der Waals surface area contributed by atoms with Gasteiger partial charge in [-0.05, 0) is 66.4 Å². The minimum Gasteiger partial charge on any atom is -0.478 e. The maximum atomic E-state index is 12.8. The fourth-order valence-corrected chi connectivity index (χ4v) is 4.18. The molecule has 1 aliphatic rings. The van der Waals surface area contributed by atoms with Crippen LogP contribution in [0.3, 0.4) is 0 Å². The summed E-state index contributed by atoms with van der Waals surface area (Å²) in [6, 6.07) is 16.4. The first-order valence-electron chi connectivity index (χ1n) is 9.64. The molecule has 33 heavy (non-hydrogen) atoms. The van der Waals surface area contributed by atoms with Gasteiger partial charge in [-0.15, -0.1) is 0 Å². The molecule has 3 aromatic rings. The molecule has 1 fully saturated rings. The van der Waals surface area contributed by atoms with Crippen LogP contribution in [0.4, 0.5) is 10.5 Å². The number of carboxylic acid groups (broad SMARTS) is 1. The highest BCUT2D eigenvalue weighted by atomic mass is 35.5. The molecule has 8 nitrogen and oxygen atoms in total. The SMILES string of the molecule is O=C(CN1C(=O)SC(=Cc2cccn2-c2ccc(C(=O)O)cc2)C1=O)Nc1ccccc1Cl. The Morgan fingerprint density at radius 1 is 1.03 bits per heavy atom. The van der Waals surface area contributed by atoms with E-state index in [1.54, 1.807) is 65.4 Å². The van der Waals surface area contributed by atoms with Crippen LogP contribution >= 0.6 is 23.4 Å². The zero-order chi connectivity index (χ0) is 23.5. The second-order valence-corrected chi connectivity index (χ2v) is 8.35. The lowest BCUT2D eigenvalue weighted by Gasteiger charge is -2.13. The minimum atomic E-state index is -1.03. The van der Waals surface area contributed by atoms with Crippen molar-refractivity contribution in [3.63, 3.8) is 0 Å². The average molecular weight is 482 g/mol. The summed E-state index contributed by atoms with van der Waals surface area (Å²) in [4.78, 5) is 49.7. The third-order valence-electron chi connectivity index (χ3n) is 4.77. The van der Waals surface area contributed by atoms with Crippen LogP contribution in [-0.4, -0.2) is 44.1 Å². The largest absolute Gasteiger partial charge is 0.478 e. The Bertz CT molecular complexity index is 1300. The zero-order valence-electron chi connectivity index (χ0n) is 16.9. The van der Waals surface area contributed by atoms with E-state index in [9.17, 15) is 19.2 Å². The lowest BCUT2D eigenvalue weighted by Crippen LogP contribution is -2.36. The molecule has 2 N–H and O–H groups in total. The minimum absolute atomic E-state index is 0.156. The predicted molar refractivity (Wildman–Crippen MR) is 125 cm³/mol. The van der Waals surface area contributed by atoms with Crippen LogP contribution in [0.1, 0.15) is 16.1 Å². The molecule has 1 aliphatic heterocycles. The molecular weight excluding hydrogens is 466 g/mol. The van der Waals surface area contributed by atoms with Crippen LogP contribution in [0.15, 0.2) is 71.8 Å². The Morgan fingerprint density at radius 3 is 2.45 bits per heavy atom.